The van der Waals surface area contributed by atoms with Crippen LogP contribution in [0.1, 0.15) is 5.82 Å². The van der Waals surface area contributed by atoms with Crippen molar-refractivity contribution in [2.75, 3.05) is 13.7 Å². The number of oxime groups is 1. The normalized spacial score (nSPS) is 12.2. The van der Waals surface area contributed by atoms with Crippen LogP contribution in [-0.2, 0) is 17.7 Å². The summed E-state index contributed by atoms with van der Waals surface area (Å²) in [6.45, 7) is 1.27. The Labute approximate surface area is 105 Å². The summed E-state index contributed by atoms with van der Waals surface area (Å²) in [5.74, 6) is 0.910. The zero-order valence-electron chi connectivity index (χ0n) is 10.2. The molecule has 0 amide bonds. The number of imidazole rings is 1. The maximum Gasteiger partial charge on any atom is 0.146 e. The molecule has 96 valence electrons. The van der Waals surface area contributed by atoms with Crippen molar-refractivity contribution in [3.8, 4) is 0 Å². The van der Waals surface area contributed by atoms with E-state index in [1.165, 1.54) is 0 Å². The fraction of sp³-hybridized carbons (Fsp3) is 0.333. The summed E-state index contributed by atoms with van der Waals surface area (Å²) in [6, 6.07) is 7.83. The second-order valence-corrected chi connectivity index (χ2v) is 3.93. The molecule has 0 saturated heterocycles. The summed E-state index contributed by atoms with van der Waals surface area (Å²) < 4.78 is 7.12. The number of para-hydroxylation sites is 2. The monoisotopic (exact) mass is 248 g/mol. The lowest BCUT2D eigenvalue weighted by Gasteiger charge is -2.07. The number of amidine groups is 1. The van der Waals surface area contributed by atoms with Crippen molar-refractivity contribution in [2.24, 2.45) is 10.9 Å². The highest BCUT2D eigenvalue weighted by Crippen LogP contribution is 2.16. The summed E-state index contributed by atoms with van der Waals surface area (Å²) in [6.07, 6.45) is 0.314. The zero-order chi connectivity index (χ0) is 13.0. The number of aromatic nitrogens is 2. The Morgan fingerprint density at radius 2 is 2.28 bits per heavy atom. The third kappa shape index (κ3) is 2.43. The van der Waals surface area contributed by atoms with Crippen LogP contribution < -0.4 is 5.73 Å². The second-order valence-electron chi connectivity index (χ2n) is 3.93. The highest BCUT2D eigenvalue weighted by molar-refractivity contribution is 5.83. The fourth-order valence-electron chi connectivity index (χ4n) is 1.89. The van der Waals surface area contributed by atoms with E-state index in [1.54, 1.807) is 7.11 Å². The molecule has 2 rings (SSSR count). The van der Waals surface area contributed by atoms with Crippen LogP contribution in [-0.4, -0.2) is 34.3 Å². The molecule has 0 aliphatic heterocycles. The number of hydrogen-bond donors (Lipinski definition) is 2. The predicted octanol–water partition coefficient (Wildman–Crippen LogP) is 0.972. The molecule has 0 atom stereocenters. The summed E-state index contributed by atoms with van der Waals surface area (Å²) >= 11 is 0. The van der Waals surface area contributed by atoms with Crippen molar-refractivity contribution in [3.05, 3.63) is 30.1 Å². The molecule has 0 aliphatic carbocycles. The Morgan fingerprint density at radius 1 is 1.50 bits per heavy atom. The first kappa shape index (κ1) is 12.4. The quantitative estimate of drug-likeness (QED) is 0.357. The van der Waals surface area contributed by atoms with Gasteiger partial charge in [0.05, 0.1) is 24.1 Å². The lowest BCUT2D eigenvalue weighted by atomic mass is 10.3. The molecular weight excluding hydrogens is 232 g/mol. The van der Waals surface area contributed by atoms with Gasteiger partial charge in [-0.1, -0.05) is 17.3 Å². The van der Waals surface area contributed by atoms with Gasteiger partial charge >= 0.3 is 0 Å². The van der Waals surface area contributed by atoms with Gasteiger partial charge in [-0.3, -0.25) is 0 Å². The lowest BCUT2D eigenvalue weighted by Crippen LogP contribution is -2.19. The molecule has 1 heterocycles. The Morgan fingerprint density at radius 3 is 3.00 bits per heavy atom. The maximum absolute atomic E-state index is 8.64. The van der Waals surface area contributed by atoms with Gasteiger partial charge in [-0.15, -0.1) is 0 Å². The first-order chi connectivity index (χ1) is 8.76. The minimum atomic E-state index is 0.143. The highest BCUT2D eigenvalue weighted by Gasteiger charge is 2.11. The largest absolute Gasteiger partial charge is 0.409 e. The Hall–Kier alpha value is -2.08. The van der Waals surface area contributed by atoms with Gasteiger partial charge in [0.25, 0.3) is 0 Å². The zero-order valence-corrected chi connectivity index (χ0v) is 10.2. The minimum absolute atomic E-state index is 0.143. The second kappa shape index (κ2) is 5.50. The van der Waals surface area contributed by atoms with Crippen LogP contribution in [0.4, 0.5) is 0 Å². The first-order valence-electron chi connectivity index (χ1n) is 5.65. The van der Waals surface area contributed by atoms with Gasteiger partial charge < -0.3 is 20.2 Å². The number of hydrogen-bond acceptors (Lipinski definition) is 4. The van der Waals surface area contributed by atoms with Crippen molar-refractivity contribution in [1.82, 2.24) is 9.55 Å². The molecule has 3 N–H and O–H groups in total. The highest BCUT2D eigenvalue weighted by atomic mass is 16.5. The van der Waals surface area contributed by atoms with Gasteiger partial charge in [-0.2, -0.15) is 0 Å². The van der Waals surface area contributed by atoms with Crippen molar-refractivity contribution >= 4 is 16.9 Å². The minimum Gasteiger partial charge on any atom is -0.409 e. The van der Waals surface area contributed by atoms with Crippen LogP contribution in [0.3, 0.4) is 0 Å². The van der Waals surface area contributed by atoms with Gasteiger partial charge in [0.1, 0.15) is 11.7 Å². The van der Waals surface area contributed by atoms with E-state index in [1.807, 2.05) is 28.8 Å². The van der Waals surface area contributed by atoms with E-state index in [0.29, 0.717) is 19.6 Å². The molecule has 0 radical (unpaired) electrons. The molecule has 1 aromatic heterocycles. The summed E-state index contributed by atoms with van der Waals surface area (Å²) in [7, 11) is 1.66. The van der Waals surface area contributed by atoms with Crippen molar-refractivity contribution in [3.63, 3.8) is 0 Å². The number of nitrogens with two attached hydrogens (primary N) is 1. The van der Waals surface area contributed by atoms with E-state index in [-0.39, 0.29) is 5.84 Å². The Kier molecular flexibility index (Phi) is 3.78. The van der Waals surface area contributed by atoms with E-state index in [4.69, 9.17) is 15.7 Å². The van der Waals surface area contributed by atoms with Crippen LogP contribution in [0, 0.1) is 0 Å². The number of nitrogens with zero attached hydrogens (tertiary/aromatic N) is 3. The average Bonchev–Trinajstić information content (AvgIpc) is 2.73. The molecule has 0 unspecified atom stereocenters. The smallest absolute Gasteiger partial charge is 0.146 e. The standard InChI is InChI=1S/C12H16N4O2/c1-18-7-6-16-10-5-3-2-4-9(10)14-12(16)8-11(13)15-17/h2-5,17H,6-8H2,1H3,(H2,13,15). The van der Waals surface area contributed by atoms with Crippen LogP contribution >= 0.6 is 0 Å². The van der Waals surface area contributed by atoms with Crippen LogP contribution in [0.5, 0.6) is 0 Å². The number of methoxy groups -OCH3 is 1. The molecule has 6 nitrogen and oxygen atoms in total. The number of benzene rings is 1. The van der Waals surface area contributed by atoms with Gasteiger partial charge in [0, 0.05) is 13.7 Å². The summed E-state index contributed by atoms with van der Waals surface area (Å²) in [5.41, 5.74) is 7.46. The fourth-order valence-corrected chi connectivity index (χ4v) is 1.89. The first-order valence-corrected chi connectivity index (χ1v) is 5.65. The van der Waals surface area contributed by atoms with Crippen molar-refractivity contribution in [2.45, 2.75) is 13.0 Å². The average molecular weight is 248 g/mol. The van der Waals surface area contributed by atoms with E-state index < -0.39 is 0 Å². The number of fused-ring (bicyclic) bond motifs is 1. The van der Waals surface area contributed by atoms with E-state index >= 15 is 0 Å². The molecule has 0 saturated carbocycles. The number of ether oxygens (including phenoxy) is 1. The van der Waals surface area contributed by atoms with Gasteiger partial charge in [0.2, 0.25) is 0 Å². The lowest BCUT2D eigenvalue weighted by molar-refractivity contribution is 0.187. The molecule has 0 aliphatic rings. The van der Waals surface area contributed by atoms with E-state index in [2.05, 4.69) is 10.1 Å². The molecule has 6 heteroatoms. The predicted molar refractivity (Wildman–Crippen MR) is 68.7 cm³/mol. The number of rotatable bonds is 5. The van der Waals surface area contributed by atoms with Gasteiger partial charge in [-0.25, -0.2) is 4.98 Å². The third-order valence-corrected chi connectivity index (χ3v) is 2.72. The van der Waals surface area contributed by atoms with Crippen molar-refractivity contribution in [1.29, 1.82) is 0 Å². The third-order valence-electron chi connectivity index (χ3n) is 2.72. The topological polar surface area (TPSA) is 85.7 Å². The molecule has 1 aromatic carbocycles. The Balaban J connectivity index is 2.42. The SMILES string of the molecule is COCCn1c(C/C(N)=N/O)nc2ccccc21. The molecule has 0 fully saturated rings. The molecular formula is C12H16N4O2. The molecule has 2 aromatic rings. The Bertz CT molecular complexity index is 562. The summed E-state index contributed by atoms with van der Waals surface area (Å²) in [4.78, 5) is 4.49. The van der Waals surface area contributed by atoms with Crippen LogP contribution in [0.15, 0.2) is 29.4 Å². The van der Waals surface area contributed by atoms with E-state index in [0.717, 1.165) is 16.9 Å². The van der Waals surface area contributed by atoms with Gasteiger partial charge in [0.15, 0.2) is 0 Å². The molecule has 18 heavy (non-hydrogen) atoms. The van der Waals surface area contributed by atoms with Crippen LogP contribution in [0.2, 0.25) is 0 Å². The summed E-state index contributed by atoms with van der Waals surface area (Å²) in [5, 5.41) is 11.6. The maximum atomic E-state index is 8.64. The van der Waals surface area contributed by atoms with E-state index in [9.17, 15) is 0 Å². The molecule has 0 spiro atoms. The van der Waals surface area contributed by atoms with Crippen LogP contribution in [0.25, 0.3) is 11.0 Å². The van der Waals surface area contributed by atoms with Crippen molar-refractivity contribution < 1.29 is 9.94 Å². The molecule has 0 bridgehead atoms. The van der Waals surface area contributed by atoms with Gasteiger partial charge in [-0.05, 0) is 12.1 Å².